The van der Waals surface area contributed by atoms with Gasteiger partial charge >= 0.3 is 5.97 Å². The minimum absolute atomic E-state index is 0.00992. The largest absolute Gasteiger partial charge is 0.466 e. The molecule has 1 aliphatic rings. The molecule has 1 aliphatic carbocycles. The molecule has 7 nitrogen and oxygen atoms in total. The van der Waals surface area contributed by atoms with Crippen molar-refractivity contribution in [3.8, 4) is 0 Å². The van der Waals surface area contributed by atoms with Crippen molar-refractivity contribution in [2.24, 2.45) is 0 Å². The van der Waals surface area contributed by atoms with Crippen molar-refractivity contribution in [3.63, 3.8) is 0 Å². The van der Waals surface area contributed by atoms with Gasteiger partial charge in [0.25, 0.3) is 0 Å². The number of esters is 1. The van der Waals surface area contributed by atoms with Crippen LogP contribution in [0.1, 0.15) is 62.4 Å². The Kier molecular flexibility index (Phi) is 8.22. The Morgan fingerprint density at radius 3 is 2.48 bits per heavy atom. The molecule has 2 rings (SSSR count). The number of thiazole rings is 1. The molecule has 0 unspecified atom stereocenters. The fourth-order valence-corrected chi connectivity index (χ4v) is 4.07. The monoisotopic (exact) mass is 395 g/mol. The highest BCUT2D eigenvalue weighted by Gasteiger charge is 2.27. The predicted molar refractivity (Wildman–Crippen MR) is 105 cm³/mol. The molecule has 0 radical (unpaired) electrons. The maximum Gasteiger partial charge on any atom is 0.306 e. The van der Waals surface area contributed by atoms with Gasteiger partial charge in [-0.05, 0) is 33.6 Å². The zero-order valence-corrected chi connectivity index (χ0v) is 17.2. The number of nitrogens with one attached hydrogen (secondary N) is 1. The molecule has 27 heavy (non-hydrogen) atoms. The molecule has 0 saturated heterocycles. The number of nitrogens with zero attached hydrogens (tertiary/aromatic N) is 2. The van der Waals surface area contributed by atoms with E-state index in [9.17, 15) is 14.4 Å². The second-order valence-corrected chi connectivity index (χ2v) is 8.03. The summed E-state index contributed by atoms with van der Waals surface area (Å²) in [5.74, 6) is -0.803. The highest BCUT2D eigenvalue weighted by atomic mass is 32.1. The van der Waals surface area contributed by atoms with Crippen molar-refractivity contribution < 1.29 is 19.1 Å². The van der Waals surface area contributed by atoms with E-state index in [4.69, 9.17) is 4.74 Å². The molecule has 1 heterocycles. The minimum atomic E-state index is -0.382. The third-order valence-electron chi connectivity index (χ3n) is 4.77. The lowest BCUT2D eigenvalue weighted by atomic mass is 9.94. The molecule has 150 valence electrons. The fraction of sp³-hybridized carbons (Fsp3) is 0.684. The summed E-state index contributed by atoms with van der Waals surface area (Å²) in [6, 6.07) is 0.0546. The van der Waals surface area contributed by atoms with E-state index < -0.39 is 0 Å². The maximum atomic E-state index is 12.7. The second kappa shape index (κ2) is 10.4. The van der Waals surface area contributed by atoms with Gasteiger partial charge in [-0.25, -0.2) is 4.98 Å². The summed E-state index contributed by atoms with van der Waals surface area (Å²) in [4.78, 5) is 43.8. The number of amides is 2. The standard InChI is InChI=1S/C19H29N3O4S/c1-4-26-18(25)11-10-17(24)22(15-8-6-5-7-9-15)12-16(23)21-19-20-13(2)14(3)27-19/h15H,4-12H2,1-3H3,(H,20,21,23). The Hall–Kier alpha value is -1.96. The zero-order valence-electron chi connectivity index (χ0n) is 16.4. The SMILES string of the molecule is CCOC(=O)CCC(=O)N(CC(=O)Nc1nc(C)c(C)s1)C1CCCCC1. The van der Waals surface area contributed by atoms with Gasteiger partial charge in [-0.15, -0.1) is 11.3 Å². The average Bonchev–Trinajstić information content (AvgIpc) is 2.95. The van der Waals surface area contributed by atoms with Crippen molar-refractivity contribution in [1.82, 2.24) is 9.88 Å². The molecule has 1 saturated carbocycles. The minimum Gasteiger partial charge on any atom is -0.466 e. The summed E-state index contributed by atoms with van der Waals surface area (Å²) in [6.45, 7) is 5.88. The van der Waals surface area contributed by atoms with Gasteiger partial charge in [-0.3, -0.25) is 14.4 Å². The van der Waals surface area contributed by atoms with Crippen LogP contribution in [-0.4, -0.2) is 46.9 Å². The van der Waals surface area contributed by atoms with Crippen LogP contribution in [0.4, 0.5) is 5.13 Å². The van der Waals surface area contributed by atoms with Gasteiger partial charge in [0.15, 0.2) is 5.13 Å². The number of aryl methyl sites for hydroxylation is 2. The lowest BCUT2D eigenvalue weighted by Crippen LogP contribution is -2.45. The van der Waals surface area contributed by atoms with Crippen molar-refractivity contribution in [1.29, 1.82) is 0 Å². The van der Waals surface area contributed by atoms with E-state index in [-0.39, 0.29) is 43.2 Å². The fourth-order valence-electron chi connectivity index (χ4n) is 3.24. The number of ether oxygens (including phenoxy) is 1. The van der Waals surface area contributed by atoms with Crippen molar-refractivity contribution in [2.45, 2.75) is 71.8 Å². The summed E-state index contributed by atoms with van der Waals surface area (Å²) in [5, 5.41) is 3.35. The smallest absolute Gasteiger partial charge is 0.306 e. The van der Waals surface area contributed by atoms with Crippen LogP contribution in [0.5, 0.6) is 0 Å². The van der Waals surface area contributed by atoms with Crippen molar-refractivity contribution in [2.75, 3.05) is 18.5 Å². The summed E-state index contributed by atoms with van der Waals surface area (Å²) in [7, 11) is 0. The first kappa shape index (κ1) is 21.3. The molecule has 0 bridgehead atoms. The van der Waals surface area contributed by atoms with Gasteiger partial charge in [0.05, 0.1) is 18.7 Å². The van der Waals surface area contributed by atoms with Crippen LogP contribution in [0.3, 0.4) is 0 Å². The zero-order chi connectivity index (χ0) is 19.8. The van der Waals surface area contributed by atoms with Gasteiger partial charge in [-0.2, -0.15) is 0 Å². The molecule has 0 aromatic carbocycles. The summed E-state index contributed by atoms with van der Waals surface area (Å²) >= 11 is 1.43. The Bertz CT molecular complexity index is 648. The van der Waals surface area contributed by atoms with E-state index >= 15 is 0 Å². The van der Waals surface area contributed by atoms with Crippen LogP contribution < -0.4 is 5.32 Å². The topological polar surface area (TPSA) is 88.6 Å². The molecule has 1 aromatic rings. The van der Waals surface area contributed by atoms with Crippen LogP contribution in [-0.2, 0) is 19.1 Å². The lowest BCUT2D eigenvalue weighted by molar-refractivity contribution is -0.146. The van der Waals surface area contributed by atoms with Crippen LogP contribution in [0.2, 0.25) is 0 Å². The Balaban J connectivity index is 1.99. The number of rotatable bonds is 8. The molecule has 0 spiro atoms. The first-order chi connectivity index (χ1) is 12.9. The first-order valence-electron chi connectivity index (χ1n) is 9.59. The summed E-state index contributed by atoms with van der Waals surface area (Å²) in [6.07, 6.45) is 5.17. The maximum absolute atomic E-state index is 12.7. The van der Waals surface area contributed by atoms with Crippen molar-refractivity contribution >= 4 is 34.3 Å². The van der Waals surface area contributed by atoms with E-state index in [0.717, 1.165) is 42.7 Å². The second-order valence-electron chi connectivity index (χ2n) is 6.83. The van der Waals surface area contributed by atoms with Crippen LogP contribution in [0.25, 0.3) is 0 Å². The number of anilines is 1. The molecular weight excluding hydrogens is 366 g/mol. The number of hydrogen-bond acceptors (Lipinski definition) is 6. The molecule has 1 N–H and O–H groups in total. The highest BCUT2D eigenvalue weighted by molar-refractivity contribution is 7.15. The summed E-state index contributed by atoms with van der Waals surface area (Å²) < 4.78 is 4.90. The number of carbonyl (C=O) groups excluding carboxylic acids is 3. The molecular formula is C19H29N3O4S. The third kappa shape index (κ3) is 6.61. The van der Waals surface area contributed by atoms with Gasteiger partial charge in [-0.1, -0.05) is 19.3 Å². The molecule has 0 atom stereocenters. The van der Waals surface area contributed by atoms with Crippen molar-refractivity contribution in [3.05, 3.63) is 10.6 Å². The molecule has 8 heteroatoms. The number of carbonyl (C=O) groups is 3. The molecule has 1 fully saturated rings. The van der Waals surface area contributed by atoms with Gasteiger partial charge in [0, 0.05) is 17.3 Å². The van der Waals surface area contributed by atoms with E-state index in [1.54, 1.807) is 11.8 Å². The molecule has 1 aromatic heterocycles. The van der Waals surface area contributed by atoms with E-state index in [2.05, 4.69) is 10.3 Å². The Labute approximate surface area is 164 Å². The lowest BCUT2D eigenvalue weighted by Gasteiger charge is -2.34. The van der Waals surface area contributed by atoms with Gasteiger partial charge in [0.2, 0.25) is 11.8 Å². The Morgan fingerprint density at radius 2 is 1.89 bits per heavy atom. The van der Waals surface area contributed by atoms with Crippen LogP contribution in [0, 0.1) is 13.8 Å². The predicted octanol–water partition coefficient (Wildman–Crippen LogP) is 3.20. The third-order valence-corrected chi connectivity index (χ3v) is 5.76. The van der Waals surface area contributed by atoms with Gasteiger partial charge in [0.1, 0.15) is 6.54 Å². The van der Waals surface area contributed by atoms with Crippen LogP contribution >= 0.6 is 11.3 Å². The van der Waals surface area contributed by atoms with E-state index in [0.29, 0.717) is 11.7 Å². The number of aromatic nitrogens is 1. The first-order valence-corrected chi connectivity index (χ1v) is 10.4. The quantitative estimate of drug-likeness (QED) is 0.683. The number of hydrogen-bond donors (Lipinski definition) is 1. The Morgan fingerprint density at radius 1 is 1.19 bits per heavy atom. The van der Waals surface area contributed by atoms with Crippen LogP contribution in [0.15, 0.2) is 0 Å². The molecule has 0 aliphatic heterocycles. The highest BCUT2D eigenvalue weighted by Crippen LogP contribution is 2.24. The van der Waals surface area contributed by atoms with Gasteiger partial charge < -0.3 is 15.0 Å². The van der Waals surface area contributed by atoms with E-state index in [1.807, 2.05) is 13.8 Å². The normalized spacial score (nSPS) is 14.6. The molecule has 2 amide bonds. The average molecular weight is 396 g/mol. The van der Waals surface area contributed by atoms with E-state index in [1.165, 1.54) is 11.3 Å². The summed E-state index contributed by atoms with van der Waals surface area (Å²) in [5.41, 5.74) is 0.893.